The predicted octanol–water partition coefficient (Wildman–Crippen LogP) is 7.22. The first-order valence-corrected chi connectivity index (χ1v) is 9.34. The van der Waals surface area contributed by atoms with E-state index in [9.17, 15) is 0 Å². The zero-order valence-corrected chi connectivity index (χ0v) is 15.4. The third-order valence-electron chi connectivity index (χ3n) is 4.59. The molecule has 0 aromatic carbocycles. The van der Waals surface area contributed by atoms with E-state index in [0.717, 1.165) is 0 Å². The van der Waals surface area contributed by atoms with Crippen molar-refractivity contribution >= 4 is 0 Å². The summed E-state index contributed by atoms with van der Waals surface area (Å²) in [4.78, 5) is 2.31. The summed E-state index contributed by atoms with van der Waals surface area (Å²) in [6, 6.07) is 0. The summed E-state index contributed by atoms with van der Waals surface area (Å²) in [5.74, 6) is 0. The maximum Gasteiger partial charge on any atom is 0.0411 e. The Morgan fingerprint density at radius 1 is 0.818 bits per heavy atom. The smallest absolute Gasteiger partial charge is 0.0411 e. The van der Waals surface area contributed by atoms with E-state index < -0.39 is 0 Å². The van der Waals surface area contributed by atoms with E-state index in [4.69, 9.17) is 0 Å². The molecule has 0 N–H and O–H groups in total. The van der Waals surface area contributed by atoms with Crippen molar-refractivity contribution in [1.29, 1.82) is 0 Å². The fourth-order valence-corrected chi connectivity index (χ4v) is 3.04. The number of unbranched alkanes of at least 4 members (excludes halogenated alkanes) is 7. The van der Waals surface area contributed by atoms with E-state index >= 15 is 0 Å². The fraction of sp³-hybridized carbons (Fsp3) is 0.714. The van der Waals surface area contributed by atoms with Crippen LogP contribution in [0.1, 0.15) is 91.4 Å². The van der Waals surface area contributed by atoms with Crippen molar-refractivity contribution in [2.45, 2.75) is 96.9 Å². The van der Waals surface area contributed by atoms with Gasteiger partial charge in [0.05, 0.1) is 0 Å². The van der Waals surface area contributed by atoms with Gasteiger partial charge in [-0.15, -0.1) is 0 Å². The molecule has 0 aromatic rings. The molecule has 0 saturated heterocycles. The Labute approximate surface area is 140 Å². The summed E-state index contributed by atoms with van der Waals surface area (Å²) in [6.45, 7) is 14.8. The summed E-state index contributed by atoms with van der Waals surface area (Å²) >= 11 is 0. The van der Waals surface area contributed by atoms with Gasteiger partial charge in [0.15, 0.2) is 0 Å². The van der Waals surface area contributed by atoms with Gasteiger partial charge in [-0.2, -0.15) is 0 Å². The van der Waals surface area contributed by atoms with Gasteiger partial charge >= 0.3 is 0 Å². The number of nitrogens with zero attached hydrogens (tertiary/aromatic N) is 1. The van der Waals surface area contributed by atoms with Crippen molar-refractivity contribution in [2.75, 3.05) is 0 Å². The summed E-state index contributed by atoms with van der Waals surface area (Å²) in [5, 5.41) is 0. The van der Waals surface area contributed by atoms with Crippen LogP contribution in [0.15, 0.2) is 37.7 Å². The van der Waals surface area contributed by atoms with E-state index in [-0.39, 0.29) is 5.54 Å². The van der Waals surface area contributed by atoms with E-state index in [1.807, 2.05) is 18.4 Å². The molecule has 0 aromatic heterocycles. The van der Waals surface area contributed by atoms with Crippen LogP contribution in [0.4, 0.5) is 0 Å². The van der Waals surface area contributed by atoms with Gasteiger partial charge < -0.3 is 4.90 Å². The Morgan fingerprint density at radius 3 is 1.77 bits per heavy atom. The summed E-state index contributed by atoms with van der Waals surface area (Å²) < 4.78 is 0. The molecule has 0 rings (SSSR count). The van der Waals surface area contributed by atoms with Gasteiger partial charge in [-0.3, -0.25) is 0 Å². The van der Waals surface area contributed by atoms with E-state index in [1.54, 1.807) is 0 Å². The Balaban J connectivity index is 4.59. The van der Waals surface area contributed by atoms with Gasteiger partial charge in [0, 0.05) is 11.7 Å². The second kappa shape index (κ2) is 13.7. The molecule has 1 heteroatoms. The molecule has 0 fully saturated rings. The molecule has 1 nitrogen and oxygen atoms in total. The highest BCUT2D eigenvalue weighted by molar-refractivity contribution is 5.04. The molecule has 1 unspecified atom stereocenters. The minimum absolute atomic E-state index is 0.196. The maximum absolute atomic E-state index is 4.02. The zero-order chi connectivity index (χ0) is 16.7. The van der Waals surface area contributed by atoms with Crippen LogP contribution in [-0.2, 0) is 0 Å². The van der Waals surface area contributed by atoms with E-state index in [0.29, 0.717) is 0 Å². The second-order valence-electron chi connectivity index (χ2n) is 6.64. The highest BCUT2D eigenvalue weighted by atomic mass is 15.2. The molecule has 22 heavy (non-hydrogen) atoms. The monoisotopic (exact) mass is 305 g/mol. The average Bonchev–Trinajstić information content (AvgIpc) is 2.52. The van der Waals surface area contributed by atoms with Crippen molar-refractivity contribution in [2.24, 2.45) is 0 Å². The number of hydrogen-bond donors (Lipinski definition) is 0. The largest absolute Gasteiger partial charge is 0.349 e. The standard InChI is InChI=1S/C21H39N/c1-6-10-13-15-17-19-21(5,18-16-14-11-7-2)22(9-4)20-12-8-3/h8-9,12,20H,3-4,6-7,10-11,13-19H2,1-2,5H3/b20-12-. The number of allylic oxidation sites excluding steroid dienone is 2. The van der Waals surface area contributed by atoms with Gasteiger partial charge in [-0.1, -0.05) is 90.9 Å². The molecular weight excluding hydrogens is 266 g/mol. The van der Waals surface area contributed by atoms with Gasteiger partial charge in [0.1, 0.15) is 0 Å². The maximum atomic E-state index is 4.02. The molecular formula is C21H39N. The molecule has 1 atom stereocenters. The van der Waals surface area contributed by atoms with Gasteiger partial charge in [-0.25, -0.2) is 0 Å². The fourth-order valence-electron chi connectivity index (χ4n) is 3.04. The lowest BCUT2D eigenvalue weighted by Gasteiger charge is -2.39. The molecule has 0 aliphatic rings. The van der Waals surface area contributed by atoms with Crippen molar-refractivity contribution in [3.05, 3.63) is 37.7 Å². The lowest BCUT2D eigenvalue weighted by Crippen LogP contribution is -2.39. The first kappa shape index (κ1) is 21.0. The molecule has 0 aliphatic carbocycles. The topological polar surface area (TPSA) is 3.24 Å². The molecule has 0 aliphatic heterocycles. The normalized spacial score (nSPS) is 14.0. The minimum Gasteiger partial charge on any atom is -0.349 e. The van der Waals surface area contributed by atoms with Crippen LogP contribution < -0.4 is 0 Å². The zero-order valence-electron chi connectivity index (χ0n) is 15.4. The SMILES string of the molecule is C=C/C=C\N(C=C)C(C)(CCCCCC)CCCCCCC. The van der Waals surface area contributed by atoms with Crippen LogP contribution in [-0.4, -0.2) is 10.4 Å². The lowest BCUT2D eigenvalue weighted by molar-refractivity contribution is 0.184. The second-order valence-corrected chi connectivity index (χ2v) is 6.64. The first-order chi connectivity index (χ1) is 10.6. The minimum atomic E-state index is 0.196. The lowest BCUT2D eigenvalue weighted by atomic mass is 9.86. The number of rotatable bonds is 15. The van der Waals surface area contributed by atoms with Crippen LogP contribution in [0.3, 0.4) is 0 Å². The van der Waals surface area contributed by atoms with Crippen molar-refractivity contribution in [3.63, 3.8) is 0 Å². The molecule has 0 bridgehead atoms. The summed E-state index contributed by atoms with van der Waals surface area (Å²) in [5.41, 5.74) is 0.196. The molecule has 0 heterocycles. The molecule has 128 valence electrons. The highest BCUT2D eigenvalue weighted by Gasteiger charge is 2.27. The van der Waals surface area contributed by atoms with Crippen LogP contribution in [0, 0.1) is 0 Å². The Bertz CT molecular complexity index is 305. The van der Waals surface area contributed by atoms with E-state index in [2.05, 4.69) is 45.0 Å². The van der Waals surface area contributed by atoms with Crippen molar-refractivity contribution < 1.29 is 0 Å². The first-order valence-electron chi connectivity index (χ1n) is 9.34. The Kier molecular flexibility index (Phi) is 13.1. The third-order valence-corrected chi connectivity index (χ3v) is 4.59. The van der Waals surface area contributed by atoms with Crippen LogP contribution in [0.25, 0.3) is 0 Å². The van der Waals surface area contributed by atoms with Crippen LogP contribution in [0.5, 0.6) is 0 Å². The van der Waals surface area contributed by atoms with Crippen molar-refractivity contribution in [1.82, 2.24) is 4.90 Å². The van der Waals surface area contributed by atoms with Gasteiger partial charge in [0.2, 0.25) is 0 Å². The number of hydrogen-bond acceptors (Lipinski definition) is 1. The third kappa shape index (κ3) is 9.12. The highest BCUT2D eigenvalue weighted by Crippen LogP contribution is 2.30. The molecule has 0 spiro atoms. The van der Waals surface area contributed by atoms with Gasteiger partial charge in [-0.05, 0) is 32.0 Å². The average molecular weight is 306 g/mol. The van der Waals surface area contributed by atoms with Gasteiger partial charge in [0.25, 0.3) is 0 Å². The summed E-state index contributed by atoms with van der Waals surface area (Å²) in [6.07, 6.45) is 22.5. The van der Waals surface area contributed by atoms with Crippen LogP contribution >= 0.6 is 0 Å². The Morgan fingerprint density at radius 2 is 1.32 bits per heavy atom. The molecule has 0 radical (unpaired) electrons. The quantitative estimate of drug-likeness (QED) is 0.228. The Hall–Kier alpha value is -0.980. The molecule has 0 amide bonds. The summed E-state index contributed by atoms with van der Waals surface area (Å²) in [7, 11) is 0. The van der Waals surface area contributed by atoms with E-state index in [1.165, 1.54) is 70.6 Å². The van der Waals surface area contributed by atoms with Crippen molar-refractivity contribution in [3.8, 4) is 0 Å². The predicted molar refractivity (Wildman–Crippen MR) is 102 cm³/mol. The van der Waals surface area contributed by atoms with Crippen LogP contribution in [0.2, 0.25) is 0 Å². The molecule has 0 saturated carbocycles.